The van der Waals surface area contributed by atoms with E-state index in [1.165, 1.54) is 25.8 Å². The van der Waals surface area contributed by atoms with Crippen LogP contribution in [0, 0.1) is 5.92 Å². The van der Waals surface area contributed by atoms with Crippen molar-refractivity contribution in [3.63, 3.8) is 0 Å². The molecule has 0 radical (unpaired) electrons. The van der Waals surface area contributed by atoms with Gasteiger partial charge in [0, 0.05) is 49.5 Å². The van der Waals surface area contributed by atoms with Gasteiger partial charge in [-0.05, 0) is 69.8 Å². The highest BCUT2D eigenvalue weighted by molar-refractivity contribution is 5.91. The molecule has 2 fully saturated rings. The molecule has 168 valence electrons. The summed E-state index contributed by atoms with van der Waals surface area (Å²) in [4.78, 5) is 19.1. The van der Waals surface area contributed by atoms with Crippen molar-refractivity contribution >= 4 is 16.7 Å². The van der Waals surface area contributed by atoms with Gasteiger partial charge in [-0.3, -0.25) is 9.88 Å². The van der Waals surface area contributed by atoms with Crippen molar-refractivity contribution in [3.05, 3.63) is 48.8 Å². The molecule has 5 rings (SSSR count). The number of aromatic nitrogens is 3. The smallest absolute Gasteiger partial charge is 0.163 e. The van der Waals surface area contributed by atoms with E-state index >= 15 is 0 Å². The molecule has 0 N–H and O–H groups in total. The van der Waals surface area contributed by atoms with Gasteiger partial charge in [0.15, 0.2) is 5.82 Å². The molecule has 6 heteroatoms. The molecule has 1 aromatic carbocycles. The minimum absolute atomic E-state index is 0.348. The third kappa shape index (κ3) is 4.76. The molecule has 0 saturated carbocycles. The Morgan fingerprint density at radius 3 is 2.50 bits per heavy atom. The van der Waals surface area contributed by atoms with Gasteiger partial charge in [0.1, 0.15) is 5.82 Å². The third-order valence-corrected chi connectivity index (χ3v) is 6.77. The van der Waals surface area contributed by atoms with Gasteiger partial charge in [-0.1, -0.05) is 12.1 Å². The fourth-order valence-corrected chi connectivity index (χ4v) is 5.19. The first-order valence-electron chi connectivity index (χ1n) is 12.0. The average Bonchev–Trinajstić information content (AvgIpc) is 2.82. The maximum Gasteiger partial charge on any atom is 0.163 e. The van der Waals surface area contributed by atoms with Crippen molar-refractivity contribution in [3.8, 4) is 11.4 Å². The van der Waals surface area contributed by atoms with Gasteiger partial charge in [0.25, 0.3) is 0 Å². The molecule has 6 nitrogen and oxygen atoms in total. The molecule has 2 unspecified atom stereocenters. The van der Waals surface area contributed by atoms with Gasteiger partial charge in [-0.2, -0.15) is 0 Å². The highest BCUT2D eigenvalue weighted by Gasteiger charge is 2.25. The van der Waals surface area contributed by atoms with Crippen molar-refractivity contribution in [1.29, 1.82) is 0 Å². The molecular weight excluding hydrogens is 398 g/mol. The zero-order chi connectivity index (χ0) is 21.9. The summed E-state index contributed by atoms with van der Waals surface area (Å²) in [6.45, 7) is 9.78. The molecule has 0 aliphatic carbocycles. The molecular formula is C26H33N5O. The standard InChI is InChI=1S/C26H33N5O/c1-19-17-30(18-20(2)32-19)13-9-21-10-14-31(15-11-21)26-23-7-3-4-8-24(23)28-25(29-26)22-6-5-12-27-16-22/h3-8,12,16,19-21H,9-11,13-15,17-18H2,1-2H3. The number of anilines is 1. The van der Waals surface area contributed by atoms with Crippen LogP contribution in [0.25, 0.3) is 22.3 Å². The van der Waals surface area contributed by atoms with E-state index in [1.54, 1.807) is 6.20 Å². The topological polar surface area (TPSA) is 54.4 Å². The first-order valence-corrected chi connectivity index (χ1v) is 12.0. The van der Waals surface area contributed by atoms with Gasteiger partial charge >= 0.3 is 0 Å². The molecule has 0 amide bonds. The predicted octanol–water partition coefficient (Wildman–Crippen LogP) is 4.41. The molecule has 2 atom stereocenters. The Labute approximate surface area is 190 Å². The quantitative estimate of drug-likeness (QED) is 0.597. The molecule has 2 aliphatic rings. The maximum atomic E-state index is 5.88. The van der Waals surface area contributed by atoms with E-state index in [2.05, 4.69) is 46.8 Å². The van der Waals surface area contributed by atoms with Crippen LogP contribution in [0.3, 0.4) is 0 Å². The number of ether oxygens (including phenoxy) is 1. The minimum atomic E-state index is 0.348. The fourth-order valence-electron chi connectivity index (χ4n) is 5.19. The summed E-state index contributed by atoms with van der Waals surface area (Å²) < 4.78 is 5.88. The Hall–Kier alpha value is -2.57. The third-order valence-electron chi connectivity index (χ3n) is 6.77. The van der Waals surface area contributed by atoms with E-state index < -0.39 is 0 Å². The zero-order valence-electron chi connectivity index (χ0n) is 19.2. The number of hydrogen-bond donors (Lipinski definition) is 0. The predicted molar refractivity (Wildman–Crippen MR) is 129 cm³/mol. The number of fused-ring (bicyclic) bond motifs is 1. The van der Waals surface area contributed by atoms with E-state index in [0.717, 1.165) is 60.2 Å². The highest BCUT2D eigenvalue weighted by atomic mass is 16.5. The molecule has 0 bridgehead atoms. The van der Waals surface area contributed by atoms with Gasteiger partial charge in [-0.25, -0.2) is 9.97 Å². The second-order valence-corrected chi connectivity index (χ2v) is 9.37. The summed E-state index contributed by atoms with van der Waals surface area (Å²) in [5, 5.41) is 1.13. The molecule has 0 spiro atoms. The Morgan fingerprint density at radius 2 is 1.75 bits per heavy atom. The lowest BCUT2D eigenvalue weighted by Gasteiger charge is -2.37. The molecule has 2 saturated heterocycles. The lowest BCUT2D eigenvalue weighted by molar-refractivity contribution is -0.0690. The summed E-state index contributed by atoms with van der Waals surface area (Å²) in [5.74, 6) is 2.60. The van der Waals surface area contributed by atoms with Crippen LogP contribution in [0.1, 0.15) is 33.1 Å². The Balaban J connectivity index is 1.27. The lowest BCUT2D eigenvalue weighted by Crippen LogP contribution is -2.46. The molecule has 2 aromatic heterocycles. The van der Waals surface area contributed by atoms with Crippen LogP contribution in [0.4, 0.5) is 5.82 Å². The fraction of sp³-hybridized carbons (Fsp3) is 0.500. The number of hydrogen-bond acceptors (Lipinski definition) is 6. The number of nitrogens with zero attached hydrogens (tertiary/aromatic N) is 5. The Kier molecular flexibility index (Phi) is 6.32. The van der Waals surface area contributed by atoms with Gasteiger partial charge in [0.05, 0.1) is 17.7 Å². The van der Waals surface area contributed by atoms with Crippen molar-refractivity contribution in [2.75, 3.05) is 37.6 Å². The molecule has 32 heavy (non-hydrogen) atoms. The highest BCUT2D eigenvalue weighted by Crippen LogP contribution is 2.31. The largest absolute Gasteiger partial charge is 0.373 e. The normalized spacial score (nSPS) is 23.0. The first-order chi connectivity index (χ1) is 15.7. The Bertz CT molecular complexity index is 1020. The van der Waals surface area contributed by atoms with Crippen molar-refractivity contribution < 1.29 is 4.74 Å². The number of benzene rings is 1. The number of para-hydroxylation sites is 1. The second kappa shape index (κ2) is 9.51. The molecule has 4 heterocycles. The minimum Gasteiger partial charge on any atom is -0.373 e. The molecule has 2 aliphatic heterocycles. The molecule has 3 aromatic rings. The summed E-state index contributed by atoms with van der Waals surface area (Å²) in [6.07, 6.45) is 8.04. The summed E-state index contributed by atoms with van der Waals surface area (Å²) >= 11 is 0. The van der Waals surface area contributed by atoms with E-state index in [-0.39, 0.29) is 0 Å². The number of pyridine rings is 1. The van der Waals surface area contributed by atoms with E-state index in [0.29, 0.717) is 12.2 Å². The second-order valence-electron chi connectivity index (χ2n) is 9.37. The summed E-state index contributed by atoms with van der Waals surface area (Å²) in [7, 11) is 0. The van der Waals surface area contributed by atoms with Crippen LogP contribution in [-0.4, -0.2) is 64.8 Å². The van der Waals surface area contributed by atoms with Crippen LogP contribution >= 0.6 is 0 Å². The average molecular weight is 432 g/mol. The summed E-state index contributed by atoms with van der Waals surface area (Å²) in [5.41, 5.74) is 1.96. The van der Waals surface area contributed by atoms with Gasteiger partial charge < -0.3 is 9.64 Å². The van der Waals surface area contributed by atoms with E-state index in [9.17, 15) is 0 Å². The van der Waals surface area contributed by atoms with Crippen molar-refractivity contribution in [2.24, 2.45) is 5.92 Å². The van der Waals surface area contributed by atoms with Crippen molar-refractivity contribution in [2.45, 2.75) is 45.3 Å². The Morgan fingerprint density at radius 1 is 0.969 bits per heavy atom. The first kappa shape index (κ1) is 21.3. The van der Waals surface area contributed by atoms with Crippen LogP contribution in [0.5, 0.6) is 0 Å². The van der Waals surface area contributed by atoms with Crippen molar-refractivity contribution in [1.82, 2.24) is 19.9 Å². The van der Waals surface area contributed by atoms with E-state index in [4.69, 9.17) is 14.7 Å². The van der Waals surface area contributed by atoms with Crippen LogP contribution in [0.15, 0.2) is 48.8 Å². The maximum absolute atomic E-state index is 5.88. The number of morpholine rings is 1. The monoisotopic (exact) mass is 431 g/mol. The number of rotatable bonds is 5. The van der Waals surface area contributed by atoms with Gasteiger partial charge in [0.2, 0.25) is 0 Å². The summed E-state index contributed by atoms with van der Waals surface area (Å²) in [6, 6.07) is 12.3. The van der Waals surface area contributed by atoms with Gasteiger partial charge in [-0.15, -0.1) is 0 Å². The SMILES string of the molecule is CC1CN(CCC2CCN(c3nc(-c4cccnc4)nc4ccccc34)CC2)CC(C)O1. The van der Waals surface area contributed by atoms with Crippen LogP contribution < -0.4 is 4.90 Å². The van der Waals surface area contributed by atoms with Crippen LogP contribution in [-0.2, 0) is 4.74 Å². The number of piperidine rings is 1. The lowest BCUT2D eigenvalue weighted by atomic mass is 9.93. The van der Waals surface area contributed by atoms with Crippen LogP contribution in [0.2, 0.25) is 0 Å². The van der Waals surface area contributed by atoms with E-state index in [1.807, 2.05) is 24.4 Å². The zero-order valence-corrected chi connectivity index (χ0v) is 19.2.